The number of benzene rings is 1. The van der Waals surface area contributed by atoms with E-state index in [1.807, 2.05) is 12.1 Å². The Balaban J connectivity index is 1.51. The van der Waals surface area contributed by atoms with Crippen LogP contribution in [0.4, 0.5) is 0 Å². The first-order valence-electron chi connectivity index (χ1n) is 12.2. The summed E-state index contributed by atoms with van der Waals surface area (Å²) < 4.78 is 17.9. The summed E-state index contributed by atoms with van der Waals surface area (Å²) in [6.45, 7) is 2.28. The van der Waals surface area contributed by atoms with Gasteiger partial charge in [-0.25, -0.2) is 9.78 Å². The first-order valence-corrected chi connectivity index (χ1v) is 12.2. The second-order valence-corrected chi connectivity index (χ2v) is 9.40. The number of hydrogen-bond acceptors (Lipinski definition) is 9. The molecule has 3 aliphatic heterocycles. The van der Waals surface area contributed by atoms with Crippen LogP contribution in [0.5, 0.6) is 11.5 Å². The Bertz CT molecular complexity index is 1550. The number of esters is 1. The van der Waals surface area contributed by atoms with Gasteiger partial charge in [0.15, 0.2) is 17.1 Å². The maximum Gasteiger partial charge on any atom is 0.343 e. The number of nitrogens with one attached hydrogen (secondary N) is 1. The highest BCUT2D eigenvalue weighted by Crippen LogP contribution is 2.43. The summed E-state index contributed by atoms with van der Waals surface area (Å²) in [5.41, 5.74) is 7.42. The standard InChI is InChI=1S/C26H26N4O7/c1-2-26(34)17-7-19-23-15(10-30(19)24(32)16(17)11-35-25(26)33)13(4-3-5-28-22(31)9-27)14-6-20-21(37-12-36-20)8-18(14)29-23/h6-8,34H,2-5,9-12,27H2,1H3,(H,28,31)/t26-/m0/s1. The van der Waals surface area contributed by atoms with Gasteiger partial charge < -0.3 is 34.9 Å². The molecule has 5 heterocycles. The second kappa shape index (κ2) is 8.56. The Morgan fingerprint density at radius 2 is 1.97 bits per heavy atom. The first kappa shape index (κ1) is 23.4. The maximum absolute atomic E-state index is 13.6. The molecule has 0 spiro atoms. The van der Waals surface area contributed by atoms with Crippen molar-refractivity contribution in [2.24, 2.45) is 5.73 Å². The average molecular weight is 507 g/mol. The Hall–Kier alpha value is -3.96. The van der Waals surface area contributed by atoms with E-state index < -0.39 is 11.6 Å². The van der Waals surface area contributed by atoms with E-state index in [-0.39, 0.29) is 55.5 Å². The minimum absolute atomic E-state index is 0.0724. The van der Waals surface area contributed by atoms with Crippen molar-refractivity contribution in [3.8, 4) is 22.9 Å². The van der Waals surface area contributed by atoms with Gasteiger partial charge in [-0.15, -0.1) is 0 Å². The molecule has 11 nitrogen and oxygen atoms in total. The van der Waals surface area contributed by atoms with Crippen LogP contribution in [0.1, 0.15) is 42.0 Å². The lowest BCUT2D eigenvalue weighted by Gasteiger charge is -2.31. The SMILES string of the molecule is CC[C@@]1(O)C(=O)OCc2c1cc1n(c2=O)Cc2c-1nc1cc3c(cc1c2CCCNC(=O)CN)OCO3. The summed E-state index contributed by atoms with van der Waals surface area (Å²) in [6.07, 6.45) is 1.32. The monoisotopic (exact) mass is 506 g/mol. The highest BCUT2D eigenvalue weighted by atomic mass is 16.7. The van der Waals surface area contributed by atoms with Gasteiger partial charge in [0, 0.05) is 29.1 Å². The van der Waals surface area contributed by atoms with E-state index in [0.717, 1.165) is 16.5 Å². The van der Waals surface area contributed by atoms with E-state index in [0.29, 0.717) is 47.8 Å². The number of nitrogens with two attached hydrogens (primary N) is 1. The molecule has 1 aromatic carbocycles. The van der Waals surface area contributed by atoms with Crippen molar-refractivity contribution in [2.45, 2.75) is 44.9 Å². The first-order chi connectivity index (χ1) is 17.9. The van der Waals surface area contributed by atoms with Crippen molar-refractivity contribution in [2.75, 3.05) is 19.9 Å². The van der Waals surface area contributed by atoms with Crippen molar-refractivity contribution in [1.29, 1.82) is 0 Å². The van der Waals surface area contributed by atoms with Gasteiger partial charge in [-0.2, -0.15) is 0 Å². The smallest absolute Gasteiger partial charge is 0.343 e. The zero-order valence-electron chi connectivity index (χ0n) is 20.3. The molecule has 0 aliphatic carbocycles. The van der Waals surface area contributed by atoms with Gasteiger partial charge in [-0.1, -0.05) is 6.92 Å². The molecule has 0 fully saturated rings. The number of nitrogens with zero attached hydrogens (tertiary/aromatic N) is 2. The molecule has 3 aliphatic rings. The number of fused-ring (bicyclic) bond motifs is 6. The molecule has 2 aromatic heterocycles. The molecule has 0 radical (unpaired) electrons. The molecule has 3 aromatic rings. The molecule has 0 saturated carbocycles. The summed E-state index contributed by atoms with van der Waals surface area (Å²) in [5.74, 6) is 0.228. The molecule has 6 rings (SSSR count). The van der Waals surface area contributed by atoms with E-state index in [2.05, 4.69) is 5.32 Å². The van der Waals surface area contributed by atoms with Crippen LogP contribution in [0.3, 0.4) is 0 Å². The molecule has 192 valence electrons. The van der Waals surface area contributed by atoms with Crippen molar-refractivity contribution >= 4 is 22.8 Å². The third-order valence-electron chi connectivity index (χ3n) is 7.41. The second-order valence-electron chi connectivity index (χ2n) is 9.40. The number of rotatable bonds is 6. The van der Waals surface area contributed by atoms with Crippen molar-refractivity contribution in [3.05, 3.63) is 50.8 Å². The van der Waals surface area contributed by atoms with E-state index in [1.54, 1.807) is 17.6 Å². The van der Waals surface area contributed by atoms with E-state index in [4.69, 9.17) is 24.9 Å². The quantitative estimate of drug-likeness (QED) is 0.255. The number of pyridine rings is 2. The van der Waals surface area contributed by atoms with Crippen LogP contribution in [0.25, 0.3) is 22.3 Å². The topological polar surface area (TPSA) is 155 Å². The third kappa shape index (κ3) is 3.49. The highest BCUT2D eigenvalue weighted by molar-refractivity contribution is 5.91. The Labute approximate surface area is 211 Å². The van der Waals surface area contributed by atoms with Crippen LogP contribution in [-0.2, 0) is 39.5 Å². The number of aliphatic hydroxyl groups is 1. The fourth-order valence-electron chi connectivity index (χ4n) is 5.40. The van der Waals surface area contributed by atoms with Crippen LogP contribution >= 0.6 is 0 Å². The minimum atomic E-state index is -1.89. The zero-order chi connectivity index (χ0) is 25.9. The lowest BCUT2D eigenvalue weighted by atomic mass is 9.86. The third-order valence-corrected chi connectivity index (χ3v) is 7.41. The number of cyclic esters (lactones) is 1. The number of carbonyl (C=O) groups is 2. The Morgan fingerprint density at radius 3 is 2.73 bits per heavy atom. The Kier molecular flexibility index (Phi) is 5.42. The van der Waals surface area contributed by atoms with Crippen molar-refractivity contribution in [1.82, 2.24) is 14.9 Å². The summed E-state index contributed by atoms with van der Waals surface area (Å²) >= 11 is 0. The van der Waals surface area contributed by atoms with E-state index in [9.17, 15) is 19.5 Å². The molecule has 0 saturated heterocycles. The van der Waals surface area contributed by atoms with Crippen LogP contribution < -0.4 is 26.1 Å². The van der Waals surface area contributed by atoms with Gasteiger partial charge >= 0.3 is 5.97 Å². The molecule has 0 unspecified atom stereocenters. The van der Waals surface area contributed by atoms with Crippen LogP contribution in [0.15, 0.2) is 23.0 Å². The fraction of sp³-hybridized carbons (Fsp3) is 0.385. The van der Waals surface area contributed by atoms with Gasteiger partial charge in [-0.3, -0.25) is 9.59 Å². The summed E-state index contributed by atoms with van der Waals surface area (Å²) in [6, 6.07) is 5.41. The largest absolute Gasteiger partial charge is 0.458 e. The number of aromatic nitrogens is 2. The predicted octanol–water partition coefficient (Wildman–Crippen LogP) is 0.816. The predicted molar refractivity (Wildman–Crippen MR) is 131 cm³/mol. The van der Waals surface area contributed by atoms with Gasteiger partial charge in [0.1, 0.15) is 6.61 Å². The number of carbonyl (C=O) groups excluding carboxylic acids is 2. The van der Waals surface area contributed by atoms with E-state index >= 15 is 0 Å². The number of hydrogen-bond donors (Lipinski definition) is 3. The van der Waals surface area contributed by atoms with Crippen LogP contribution in [0, 0.1) is 0 Å². The Morgan fingerprint density at radius 1 is 1.19 bits per heavy atom. The summed E-state index contributed by atoms with van der Waals surface area (Å²) in [4.78, 5) is 42.5. The molecule has 1 amide bonds. The van der Waals surface area contributed by atoms with Crippen molar-refractivity contribution in [3.63, 3.8) is 0 Å². The van der Waals surface area contributed by atoms with Gasteiger partial charge in [0.25, 0.3) is 5.56 Å². The zero-order valence-corrected chi connectivity index (χ0v) is 20.3. The molecular formula is C26H26N4O7. The number of ether oxygens (including phenoxy) is 3. The molecule has 11 heteroatoms. The molecule has 1 atom stereocenters. The summed E-state index contributed by atoms with van der Waals surface area (Å²) in [7, 11) is 0. The van der Waals surface area contributed by atoms with Crippen LogP contribution in [0.2, 0.25) is 0 Å². The number of aryl methyl sites for hydroxylation is 1. The molecule has 4 N–H and O–H groups in total. The molecule has 0 bridgehead atoms. The minimum Gasteiger partial charge on any atom is -0.458 e. The summed E-state index contributed by atoms with van der Waals surface area (Å²) in [5, 5.41) is 14.8. The van der Waals surface area contributed by atoms with Gasteiger partial charge in [0.2, 0.25) is 12.7 Å². The van der Waals surface area contributed by atoms with Gasteiger partial charge in [-0.05, 0) is 37.0 Å². The highest BCUT2D eigenvalue weighted by Gasteiger charge is 2.45. The normalized spacial score (nSPS) is 18.8. The van der Waals surface area contributed by atoms with Crippen molar-refractivity contribution < 1.29 is 28.9 Å². The maximum atomic E-state index is 13.6. The van der Waals surface area contributed by atoms with Gasteiger partial charge in [0.05, 0.1) is 35.6 Å². The average Bonchev–Trinajstić information content (AvgIpc) is 3.51. The van der Waals surface area contributed by atoms with E-state index in [1.165, 1.54) is 0 Å². The number of amides is 1. The van der Waals surface area contributed by atoms with Crippen LogP contribution in [-0.4, -0.2) is 46.4 Å². The lowest BCUT2D eigenvalue weighted by molar-refractivity contribution is -0.172. The lowest BCUT2D eigenvalue weighted by Crippen LogP contribution is -2.44. The molecular weight excluding hydrogens is 480 g/mol. The fourth-order valence-corrected chi connectivity index (χ4v) is 5.40. The molecule has 37 heavy (non-hydrogen) atoms.